The Morgan fingerprint density at radius 1 is 1.53 bits per heavy atom. The van der Waals surface area contributed by atoms with Crippen LogP contribution in [0.5, 0.6) is 0 Å². The topological polar surface area (TPSA) is 98.1 Å². The van der Waals surface area contributed by atoms with E-state index >= 15 is 0 Å². The molecule has 0 radical (unpaired) electrons. The number of rotatable bonds is 3. The number of hydrogen-bond donors (Lipinski definition) is 3. The molecule has 0 aromatic carbocycles. The molecule has 7 heteroatoms. The van der Waals surface area contributed by atoms with Gasteiger partial charge < -0.3 is 15.2 Å². The van der Waals surface area contributed by atoms with Crippen molar-refractivity contribution in [2.24, 2.45) is 5.92 Å². The van der Waals surface area contributed by atoms with Gasteiger partial charge in [0, 0.05) is 19.3 Å². The molecule has 2 rings (SSSR count). The molecule has 3 N–H and O–H groups in total. The predicted molar refractivity (Wildman–Crippen MR) is 69.8 cm³/mol. The highest BCUT2D eigenvalue weighted by Crippen LogP contribution is 2.14. The monoisotopic (exact) mass is 266 g/mol. The minimum atomic E-state index is -0.547. The Morgan fingerprint density at radius 2 is 2.32 bits per heavy atom. The average molecular weight is 266 g/mol. The number of aromatic nitrogens is 2. The van der Waals surface area contributed by atoms with Gasteiger partial charge in [-0.15, -0.1) is 0 Å². The summed E-state index contributed by atoms with van der Waals surface area (Å²) < 4.78 is 0. The van der Waals surface area contributed by atoms with E-state index in [0.29, 0.717) is 5.56 Å². The van der Waals surface area contributed by atoms with Gasteiger partial charge in [-0.25, -0.2) is 4.79 Å². The fraction of sp³-hybridized carbons (Fsp3) is 0.583. The Morgan fingerprint density at radius 3 is 3.00 bits per heavy atom. The number of piperidine rings is 1. The van der Waals surface area contributed by atoms with Crippen molar-refractivity contribution in [3.63, 3.8) is 0 Å². The van der Waals surface area contributed by atoms with Crippen molar-refractivity contribution in [2.75, 3.05) is 20.1 Å². The molecule has 1 aliphatic rings. The number of hydrogen-bond acceptors (Lipinski definition) is 4. The fourth-order valence-electron chi connectivity index (χ4n) is 2.28. The molecule has 1 atom stereocenters. The Hall–Kier alpha value is -1.89. The van der Waals surface area contributed by atoms with E-state index in [0.717, 1.165) is 25.9 Å². The molecule has 1 fully saturated rings. The summed E-state index contributed by atoms with van der Waals surface area (Å²) >= 11 is 0. The third kappa shape index (κ3) is 3.54. The van der Waals surface area contributed by atoms with Crippen LogP contribution in [0.1, 0.15) is 18.4 Å². The number of H-pyrrole nitrogens is 2. The zero-order valence-corrected chi connectivity index (χ0v) is 10.9. The van der Waals surface area contributed by atoms with Crippen molar-refractivity contribution in [3.05, 3.63) is 32.6 Å². The lowest BCUT2D eigenvalue weighted by molar-refractivity contribution is -0.126. The minimum absolute atomic E-state index is 0.0272. The maximum atomic E-state index is 12.0. The van der Waals surface area contributed by atoms with Crippen molar-refractivity contribution in [2.45, 2.75) is 19.4 Å². The molecule has 1 aromatic rings. The summed E-state index contributed by atoms with van der Waals surface area (Å²) in [7, 11) is 1.99. The van der Waals surface area contributed by atoms with Crippen LogP contribution >= 0.6 is 0 Å². The van der Waals surface area contributed by atoms with E-state index in [-0.39, 0.29) is 18.4 Å². The molecule has 19 heavy (non-hydrogen) atoms. The summed E-state index contributed by atoms with van der Waals surface area (Å²) in [5.74, 6) is -0.0715. The van der Waals surface area contributed by atoms with Crippen LogP contribution in [-0.4, -0.2) is 40.9 Å². The highest BCUT2D eigenvalue weighted by atomic mass is 16.2. The van der Waals surface area contributed by atoms with E-state index in [2.05, 4.69) is 20.2 Å². The van der Waals surface area contributed by atoms with Gasteiger partial charge in [0.25, 0.3) is 5.56 Å². The van der Waals surface area contributed by atoms with Gasteiger partial charge in [-0.05, 0) is 26.4 Å². The summed E-state index contributed by atoms with van der Waals surface area (Å²) in [4.78, 5) is 40.9. The van der Waals surface area contributed by atoms with Crippen LogP contribution in [0.3, 0.4) is 0 Å². The molecule has 1 saturated heterocycles. The molecule has 0 unspecified atom stereocenters. The van der Waals surface area contributed by atoms with Crippen molar-refractivity contribution in [1.29, 1.82) is 0 Å². The van der Waals surface area contributed by atoms with E-state index in [9.17, 15) is 14.4 Å². The quantitative estimate of drug-likeness (QED) is 0.655. The van der Waals surface area contributed by atoms with Gasteiger partial charge in [-0.3, -0.25) is 14.6 Å². The number of amides is 1. The third-order valence-electron chi connectivity index (χ3n) is 3.34. The van der Waals surface area contributed by atoms with E-state index in [1.165, 1.54) is 6.20 Å². The second kappa shape index (κ2) is 5.83. The van der Waals surface area contributed by atoms with Gasteiger partial charge in [0.05, 0.1) is 11.5 Å². The van der Waals surface area contributed by atoms with Crippen LogP contribution in [0.2, 0.25) is 0 Å². The molecule has 0 spiro atoms. The lowest BCUT2D eigenvalue weighted by atomic mass is 9.97. The Balaban J connectivity index is 1.93. The van der Waals surface area contributed by atoms with Crippen LogP contribution < -0.4 is 16.6 Å². The molecule has 1 aromatic heterocycles. The fourth-order valence-corrected chi connectivity index (χ4v) is 2.28. The molecule has 1 aliphatic heterocycles. The Bertz CT molecular complexity index is 563. The average Bonchev–Trinajstić information content (AvgIpc) is 2.37. The number of nitrogens with zero attached hydrogens (tertiary/aromatic N) is 1. The summed E-state index contributed by atoms with van der Waals surface area (Å²) in [6, 6.07) is 0. The second-order valence-electron chi connectivity index (χ2n) is 4.92. The van der Waals surface area contributed by atoms with Crippen LogP contribution in [0.15, 0.2) is 15.8 Å². The smallest absolute Gasteiger partial charge is 0.325 e. The molecule has 0 aliphatic carbocycles. The first-order chi connectivity index (χ1) is 9.06. The number of carbonyl (C=O) groups excluding carboxylic acids is 1. The van der Waals surface area contributed by atoms with Crippen molar-refractivity contribution in [1.82, 2.24) is 20.2 Å². The van der Waals surface area contributed by atoms with Gasteiger partial charge in [0.1, 0.15) is 0 Å². The molecule has 7 nitrogen and oxygen atoms in total. The highest BCUT2D eigenvalue weighted by molar-refractivity contribution is 5.78. The zero-order chi connectivity index (χ0) is 13.8. The number of nitrogens with one attached hydrogen (secondary N) is 3. The zero-order valence-electron chi connectivity index (χ0n) is 10.9. The minimum Gasteiger partial charge on any atom is -0.351 e. The van der Waals surface area contributed by atoms with Crippen LogP contribution in [0.25, 0.3) is 0 Å². The molecular weight excluding hydrogens is 248 g/mol. The second-order valence-corrected chi connectivity index (χ2v) is 4.92. The lowest BCUT2D eigenvalue weighted by Gasteiger charge is -2.28. The first kappa shape index (κ1) is 13.5. The van der Waals surface area contributed by atoms with Gasteiger partial charge in [0.2, 0.25) is 5.91 Å². The summed E-state index contributed by atoms with van der Waals surface area (Å²) in [5, 5.41) is 2.74. The van der Waals surface area contributed by atoms with Crippen molar-refractivity contribution >= 4 is 5.91 Å². The number of likely N-dealkylation sites (tertiary alicyclic amines) is 1. The van der Waals surface area contributed by atoms with Crippen LogP contribution in [0, 0.1) is 5.92 Å². The normalized spacial score (nSPS) is 20.2. The van der Waals surface area contributed by atoms with Crippen molar-refractivity contribution < 1.29 is 4.79 Å². The van der Waals surface area contributed by atoms with Crippen LogP contribution in [0.4, 0.5) is 0 Å². The van der Waals surface area contributed by atoms with Gasteiger partial charge >= 0.3 is 5.69 Å². The molecule has 0 saturated carbocycles. The Labute approximate surface area is 110 Å². The molecule has 104 valence electrons. The van der Waals surface area contributed by atoms with E-state index in [4.69, 9.17) is 0 Å². The molecular formula is C12H18N4O3. The summed E-state index contributed by atoms with van der Waals surface area (Å²) in [6.07, 6.45) is 3.21. The number of carbonyl (C=O) groups is 1. The van der Waals surface area contributed by atoms with Crippen LogP contribution in [-0.2, 0) is 11.3 Å². The van der Waals surface area contributed by atoms with E-state index < -0.39 is 11.2 Å². The SMILES string of the molecule is CN1CCC[C@H](C(=O)NCc2c[nH]c(=O)[nH]c2=O)C1. The highest BCUT2D eigenvalue weighted by Gasteiger charge is 2.23. The van der Waals surface area contributed by atoms with E-state index in [1.54, 1.807) is 0 Å². The number of aromatic amines is 2. The maximum Gasteiger partial charge on any atom is 0.325 e. The van der Waals surface area contributed by atoms with E-state index in [1.807, 2.05) is 7.05 Å². The standard InChI is InChI=1S/C12H18N4O3/c1-16-4-2-3-8(7-16)10(17)13-5-9-6-14-12(19)15-11(9)18/h6,8H,2-5,7H2,1H3,(H,13,17)(H2,14,15,18,19)/t8-/m0/s1. The molecule has 1 amide bonds. The molecule has 2 heterocycles. The van der Waals surface area contributed by atoms with Gasteiger partial charge in [0.15, 0.2) is 0 Å². The maximum absolute atomic E-state index is 12.0. The largest absolute Gasteiger partial charge is 0.351 e. The first-order valence-electron chi connectivity index (χ1n) is 6.33. The van der Waals surface area contributed by atoms with Gasteiger partial charge in [-0.1, -0.05) is 0 Å². The summed E-state index contributed by atoms with van der Waals surface area (Å²) in [6.45, 7) is 1.89. The van der Waals surface area contributed by atoms with Crippen molar-refractivity contribution in [3.8, 4) is 0 Å². The summed E-state index contributed by atoms with van der Waals surface area (Å²) in [5.41, 5.74) is -0.670. The van der Waals surface area contributed by atoms with Gasteiger partial charge in [-0.2, -0.15) is 0 Å². The molecule has 0 bridgehead atoms. The first-order valence-corrected chi connectivity index (χ1v) is 6.33. The third-order valence-corrected chi connectivity index (χ3v) is 3.34. The predicted octanol–water partition coefficient (Wildman–Crippen LogP) is -0.979. The lowest BCUT2D eigenvalue weighted by Crippen LogP contribution is -2.41. The Kier molecular flexibility index (Phi) is 4.16.